The molecule has 2 aromatic carbocycles. The zero-order valence-electron chi connectivity index (χ0n) is 19.8. The van der Waals surface area contributed by atoms with Crippen LogP contribution in [0.3, 0.4) is 0 Å². The average molecular weight is 534 g/mol. The fourth-order valence-electron chi connectivity index (χ4n) is 4.48. The van der Waals surface area contributed by atoms with Crippen molar-refractivity contribution in [3.63, 3.8) is 0 Å². The highest BCUT2D eigenvalue weighted by molar-refractivity contribution is 5.94. The summed E-state index contributed by atoms with van der Waals surface area (Å²) in [6.45, 7) is 1.32. The lowest BCUT2D eigenvalue weighted by Gasteiger charge is -2.36. The molecule has 1 saturated heterocycles. The summed E-state index contributed by atoms with van der Waals surface area (Å²) in [6, 6.07) is 7.22. The third kappa shape index (κ3) is 5.28. The van der Waals surface area contributed by atoms with Gasteiger partial charge in [0.1, 0.15) is 17.1 Å². The van der Waals surface area contributed by atoms with Crippen molar-refractivity contribution in [2.24, 2.45) is 0 Å². The molecule has 2 aliphatic rings. The molecule has 1 aliphatic heterocycles. The first-order valence-corrected chi connectivity index (χ1v) is 11.8. The number of halogens is 4. The van der Waals surface area contributed by atoms with E-state index in [4.69, 9.17) is 0 Å². The van der Waals surface area contributed by atoms with Crippen LogP contribution < -0.4 is 20.5 Å². The maximum absolute atomic E-state index is 15.1. The number of carboxylic acids is 1. The molecule has 38 heavy (non-hydrogen) atoms. The SMILES string of the molecule is O=C(NN1CCN(c2cc3c(cc2F)c(=O)c(C(=O)O)cn3C2CC2)CC1)c1ccc(OC(F)(F)F)cc1. The number of aromatic nitrogens is 1. The second-order valence-corrected chi connectivity index (χ2v) is 9.12. The van der Waals surface area contributed by atoms with Crippen molar-refractivity contribution in [1.29, 1.82) is 0 Å². The Bertz CT molecular complexity index is 1460. The van der Waals surface area contributed by atoms with Crippen LogP contribution in [-0.2, 0) is 0 Å². The van der Waals surface area contributed by atoms with E-state index >= 15 is 4.39 Å². The molecule has 2 fully saturated rings. The Kier molecular flexibility index (Phi) is 6.47. The van der Waals surface area contributed by atoms with Crippen LogP contribution in [0.15, 0.2) is 47.4 Å². The smallest absolute Gasteiger partial charge is 0.477 e. The molecule has 0 atom stereocenters. The van der Waals surface area contributed by atoms with Crippen molar-refractivity contribution in [1.82, 2.24) is 15.0 Å². The molecule has 2 heterocycles. The second kappa shape index (κ2) is 9.63. The van der Waals surface area contributed by atoms with E-state index < -0.39 is 40.8 Å². The predicted molar refractivity (Wildman–Crippen MR) is 128 cm³/mol. The van der Waals surface area contributed by atoms with E-state index in [0.29, 0.717) is 31.7 Å². The lowest BCUT2D eigenvalue weighted by molar-refractivity contribution is -0.274. The zero-order chi connectivity index (χ0) is 27.2. The molecule has 200 valence electrons. The minimum absolute atomic E-state index is 0.00982. The zero-order valence-corrected chi connectivity index (χ0v) is 19.8. The summed E-state index contributed by atoms with van der Waals surface area (Å²) < 4.78 is 57.6. The van der Waals surface area contributed by atoms with Gasteiger partial charge in [-0.3, -0.25) is 15.0 Å². The topological polar surface area (TPSA) is 104 Å². The Labute approximate surface area is 212 Å². The fourth-order valence-corrected chi connectivity index (χ4v) is 4.48. The molecule has 13 heteroatoms. The van der Waals surface area contributed by atoms with E-state index in [1.807, 2.05) is 0 Å². The maximum atomic E-state index is 15.1. The van der Waals surface area contributed by atoms with Gasteiger partial charge in [0.25, 0.3) is 5.91 Å². The van der Waals surface area contributed by atoms with Crippen LogP contribution in [0.5, 0.6) is 5.75 Å². The molecule has 3 aromatic rings. The summed E-state index contributed by atoms with van der Waals surface area (Å²) in [5.74, 6) is -2.97. The maximum Gasteiger partial charge on any atom is 0.573 e. The molecular formula is C25H22F4N4O5. The molecule has 5 rings (SSSR count). The Hall–Kier alpha value is -4.13. The third-order valence-electron chi connectivity index (χ3n) is 6.50. The molecule has 1 aromatic heterocycles. The van der Waals surface area contributed by atoms with Crippen LogP contribution in [0.4, 0.5) is 23.2 Å². The largest absolute Gasteiger partial charge is 0.573 e. The highest BCUT2D eigenvalue weighted by Crippen LogP contribution is 2.38. The van der Waals surface area contributed by atoms with Gasteiger partial charge in [0.2, 0.25) is 5.43 Å². The van der Waals surface area contributed by atoms with Crippen LogP contribution in [0.25, 0.3) is 10.9 Å². The van der Waals surface area contributed by atoms with Crippen LogP contribution in [-0.4, -0.2) is 59.1 Å². The van der Waals surface area contributed by atoms with Crippen molar-refractivity contribution in [2.75, 3.05) is 31.1 Å². The molecule has 0 spiro atoms. The van der Waals surface area contributed by atoms with E-state index in [0.717, 1.165) is 31.0 Å². The molecule has 1 aliphatic carbocycles. The number of alkyl halides is 3. The van der Waals surface area contributed by atoms with E-state index in [1.54, 1.807) is 20.5 Å². The van der Waals surface area contributed by atoms with Gasteiger partial charge < -0.3 is 19.3 Å². The van der Waals surface area contributed by atoms with Crippen molar-refractivity contribution in [2.45, 2.75) is 25.2 Å². The first kappa shape index (κ1) is 25.5. The van der Waals surface area contributed by atoms with Gasteiger partial charge in [-0.25, -0.2) is 14.2 Å². The number of benzene rings is 2. The number of rotatable bonds is 6. The Morgan fingerprint density at radius 3 is 2.26 bits per heavy atom. The fraction of sp³-hybridized carbons (Fsp3) is 0.320. The summed E-state index contributed by atoms with van der Waals surface area (Å²) in [7, 11) is 0. The van der Waals surface area contributed by atoms with Crippen molar-refractivity contribution < 1.29 is 37.0 Å². The number of hydrogen-bond donors (Lipinski definition) is 2. The molecule has 9 nitrogen and oxygen atoms in total. The van der Waals surface area contributed by atoms with Gasteiger partial charge in [0.05, 0.1) is 11.2 Å². The average Bonchev–Trinajstić information content (AvgIpc) is 3.69. The van der Waals surface area contributed by atoms with Crippen molar-refractivity contribution in [3.05, 3.63) is 69.8 Å². The van der Waals surface area contributed by atoms with Crippen LogP contribution >= 0.6 is 0 Å². The summed E-state index contributed by atoms with van der Waals surface area (Å²) in [4.78, 5) is 38.5. The molecule has 1 saturated carbocycles. The number of hydrogen-bond acceptors (Lipinski definition) is 6. The monoisotopic (exact) mass is 534 g/mol. The molecule has 2 N–H and O–H groups in total. The number of hydrazine groups is 1. The minimum atomic E-state index is -4.83. The summed E-state index contributed by atoms with van der Waals surface area (Å²) in [5, 5.41) is 11.0. The number of piperazine rings is 1. The first-order chi connectivity index (χ1) is 18.0. The molecular weight excluding hydrogens is 512 g/mol. The summed E-state index contributed by atoms with van der Waals surface area (Å²) in [6.07, 6.45) is -1.84. The number of carbonyl (C=O) groups excluding carboxylic acids is 1. The van der Waals surface area contributed by atoms with Gasteiger partial charge in [-0.2, -0.15) is 0 Å². The van der Waals surface area contributed by atoms with Gasteiger partial charge in [0, 0.05) is 49.4 Å². The van der Waals surface area contributed by atoms with Crippen LogP contribution in [0.2, 0.25) is 0 Å². The second-order valence-electron chi connectivity index (χ2n) is 9.12. The highest BCUT2D eigenvalue weighted by atomic mass is 19.4. The van der Waals surface area contributed by atoms with E-state index in [1.165, 1.54) is 18.3 Å². The van der Waals surface area contributed by atoms with Gasteiger partial charge in [0.15, 0.2) is 0 Å². The number of nitrogens with zero attached hydrogens (tertiary/aromatic N) is 3. The number of carbonyl (C=O) groups is 2. The van der Waals surface area contributed by atoms with E-state index in [-0.39, 0.29) is 22.7 Å². The summed E-state index contributed by atoms with van der Waals surface area (Å²) in [5.41, 5.74) is 2.42. The van der Waals surface area contributed by atoms with Gasteiger partial charge in [-0.1, -0.05) is 0 Å². The van der Waals surface area contributed by atoms with E-state index in [9.17, 15) is 32.7 Å². The number of anilines is 1. The number of nitrogens with one attached hydrogen (secondary N) is 1. The lowest BCUT2D eigenvalue weighted by atomic mass is 10.1. The van der Waals surface area contributed by atoms with Gasteiger partial charge >= 0.3 is 12.3 Å². The Morgan fingerprint density at radius 2 is 1.68 bits per heavy atom. The first-order valence-electron chi connectivity index (χ1n) is 11.8. The predicted octanol–water partition coefficient (Wildman–Crippen LogP) is 3.54. The number of carboxylic acid groups (broad SMARTS) is 1. The Morgan fingerprint density at radius 1 is 1.03 bits per heavy atom. The van der Waals surface area contributed by atoms with Crippen LogP contribution in [0.1, 0.15) is 39.6 Å². The summed E-state index contributed by atoms with van der Waals surface area (Å²) >= 11 is 0. The molecule has 0 unspecified atom stereocenters. The van der Waals surface area contributed by atoms with Crippen molar-refractivity contribution >= 4 is 28.5 Å². The number of amides is 1. The standard InChI is InChI=1S/C25H22F4N4O5/c26-19-11-17-20(33(15-3-4-15)13-18(22(17)34)24(36)37)12-21(19)31-7-9-32(10-8-31)30-23(35)14-1-5-16(6-2-14)38-25(27,28)29/h1-2,5-6,11-13,15H,3-4,7-10H2,(H,30,35)(H,36,37). The third-order valence-corrected chi connectivity index (χ3v) is 6.50. The number of aromatic carboxylic acids is 1. The quantitative estimate of drug-likeness (QED) is 0.467. The van der Waals surface area contributed by atoms with Gasteiger partial charge in [-0.15, -0.1) is 13.2 Å². The van der Waals surface area contributed by atoms with E-state index in [2.05, 4.69) is 10.2 Å². The minimum Gasteiger partial charge on any atom is -0.477 e. The molecule has 1 amide bonds. The highest BCUT2D eigenvalue weighted by Gasteiger charge is 2.31. The number of ether oxygens (including phenoxy) is 1. The van der Waals surface area contributed by atoms with Crippen molar-refractivity contribution in [3.8, 4) is 5.75 Å². The molecule has 0 bridgehead atoms. The lowest BCUT2D eigenvalue weighted by Crippen LogP contribution is -2.53. The van der Waals surface area contributed by atoms with Gasteiger partial charge in [-0.05, 0) is 49.2 Å². The molecule has 0 radical (unpaired) electrons. The number of pyridine rings is 1. The van der Waals surface area contributed by atoms with Crippen LogP contribution in [0, 0.1) is 5.82 Å². The normalized spacial score (nSPS) is 16.5. The number of fused-ring (bicyclic) bond motifs is 1. The Balaban J connectivity index is 1.28.